The molecule has 4 aromatic rings. The summed E-state index contributed by atoms with van der Waals surface area (Å²) in [6, 6.07) is 24.3. The second kappa shape index (κ2) is 26.9. The molecule has 0 aliphatic carbocycles. The molecule has 4 rings (SSSR count). The maximum Gasteiger partial charge on any atom is 0.300 e. The number of carboxylic acid groups (broad SMARTS) is 1. The summed E-state index contributed by atoms with van der Waals surface area (Å²) in [5, 5.41) is 18.8. The summed E-state index contributed by atoms with van der Waals surface area (Å²) in [7, 11) is -9.89. The third kappa shape index (κ3) is 30.5. The maximum atomic E-state index is 11.4. The van der Waals surface area contributed by atoms with Crippen LogP contribution >= 0.6 is 0 Å². The molecule has 0 aromatic carbocycles. The van der Waals surface area contributed by atoms with E-state index in [-0.39, 0.29) is 33.0 Å². The molecule has 21 heteroatoms. The van der Waals surface area contributed by atoms with Crippen molar-refractivity contribution in [2.24, 2.45) is 0 Å². The Labute approximate surface area is 338 Å². The van der Waals surface area contributed by atoms with E-state index in [1.807, 2.05) is 100 Å². The fourth-order valence-corrected chi connectivity index (χ4v) is 4.69. The first-order chi connectivity index (χ1) is 24.0. The van der Waals surface area contributed by atoms with Crippen LogP contribution in [-0.2, 0) is 64.0 Å². The van der Waals surface area contributed by atoms with Gasteiger partial charge in [0.2, 0.25) is 0 Å². The number of carboxylic acids is 1. The summed E-state index contributed by atoms with van der Waals surface area (Å²) in [4.78, 5) is 32.2. The van der Waals surface area contributed by atoms with Gasteiger partial charge in [-0.05, 0) is 76.2 Å². The van der Waals surface area contributed by atoms with E-state index < -0.39 is 32.6 Å². The predicted molar refractivity (Wildman–Crippen MR) is 163 cm³/mol. The zero-order valence-electron chi connectivity index (χ0n) is 29.9. The molecule has 306 valence electrons. The third-order valence-corrected chi connectivity index (χ3v) is 6.26. The average molecular weight is 887 g/mol. The number of hydrogen-bond acceptors (Lipinski definition) is 16. The molecule has 0 spiro atoms. The number of halogens is 2. The molecule has 0 amide bonds. The SMILES string of the molecule is CC(=O)O.Cc1cccc(CN(Cc2cccc(C)n2)CC(O)CN(Cc2cccc(C)n2)Cc2cccc(C)n2)n1.[Ni].[Ni].[O-][Cl+3]([O-])([O-])[O-].[O-][Cl+3]([O-])([O-])[O-]. The first-order valence-corrected chi connectivity index (χ1v) is 17.8. The maximum absolute atomic E-state index is 11.4. The number of aromatic nitrogens is 4. The molecule has 2 N–H and O–H groups in total. The molecule has 17 nitrogen and oxygen atoms in total. The predicted octanol–water partition coefficient (Wildman–Crippen LogP) is -4.86. The van der Waals surface area contributed by atoms with Gasteiger partial charge < -0.3 is 10.2 Å². The van der Waals surface area contributed by atoms with Crippen LogP contribution in [0.3, 0.4) is 0 Å². The van der Waals surface area contributed by atoms with E-state index in [9.17, 15) is 5.11 Å². The van der Waals surface area contributed by atoms with E-state index in [4.69, 9.17) is 67.1 Å². The van der Waals surface area contributed by atoms with E-state index in [0.717, 1.165) is 52.5 Å². The Bertz CT molecular complexity index is 1430. The van der Waals surface area contributed by atoms with Gasteiger partial charge in [-0.15, -0.1) is 20.5 Å². The summed E-state index contributed by atoms with van der Waals surface area (Å²) in [6.45, 7) is 12.6. The molecule has 0 saturated carbocycles. The first kappa shape index (κ1) is 53.3. The van der Waals surface area contributed by atoms with Gasteiger partial charge in [0.05, 0.1) is 28.9 Å². The molecule has 0 atom stereocenters. The standard InChI is InChI=1S/C31H38N6O.C2H4O2.2ClHO4.2Ni/c1-23-9-5-13-27(32-23)17-36(18-28-14-6-10-24(2)33-28)21-31(38)22-37(19-29-15-7-11-25(3)34-29)20-30-16-8-12-26(4)35-30;1-2(3)4;2*2-1(3,4)5;;/h5-16,31,38H,17-22H2,1-4H3;1H3,(H,3,4);2*(H,2,3,4,5);;/p-2. The topological polar surface area (TPSA) is 300 Å². The number of aryl methyl sites for hydroxylation is 4. The fourth-order valence-electron chi connectivity index (χ4n) is 4.69. The molecular weight excluding hydrogens is 845 g/mol. The molecule has 54 heavy (non-hydrogen) atoms. The van der Waals surface area contributed by atoms with E-state index in [1.54, 1.807) is 0 Å². The molecule has 4 heterocycles. The number of hydrogen-bond donors (Lipinski definition) is 2. The molecule has 0 radical (unpaired) electrons. The molecular formula is C33H42Cl2N6Ni2O11-2. The van der Waals surface area contributed by atoms with Gasteiger partial charge in [0.25, 0.3) is 5.97 Å². The van der Waals surface area contributed by atoms with Gasteiger partial charge >= 0.3 is 0 Å². The second-order valence-corrected chi connectivity index (χ2v) is 12.9. The summed E-state index contributed by atoms with van der Waals surface area (Å²) in [5.74, 6) is -0.833. The minimum absolute atomic E-state index is 0. The van der Waals surface area contributed by atoms with Crippen LogP contribution in [0.5, 0.6) is 0 Å². The molecule has 0 aliphatic rings. The van der Waals surface area contributed by atoms with Gasteiger partial charge in [-0.1, -0.05) is 24.3 Å². The molecule has 0 aliphatic heterocycles. The Morgan fingerprint density at radius 1 is 0.556 bits per heavy atom. The van der Waals surface area contributed by atoms with Crippen molar-refractivity contribution in [2.45, 2.75) is 66.9 Å². The van der Waals surface area contributed by atoms with Gasteiger partial charge in [-0.2, -0.15) is 0 Å². The van der Waals surface area contributed by atoms with Crippen LogP contribution in [-0.4, -0.2) is 65.1 Å². The van der Waals surface area contributed by atoms with Crippen LogP contribution in [0.2, 0.25) is 0 Å². The summed E-state index contributed by atoms with van der Waals surface area (Å²) in [6.07, 6.45) is -0.584. The van der Waals surface area contributed by atoms with Crippen molar-refractivity contribution in [1.29, 1.82) is 0 Å². The van der Waals surface area contributed by atoms with Crippen molar-refractivity contribution >= 4 is 5.97 Å². The Hall–Kier alpha value is -2.80. The van der Waals surface area contributed by atoms with Crippen molar-refractivity contribution < 1.29 is 106 Å². The monoisotopic (exact) mass is 884 g/mol. The summed E-state index contributed by atoms with van der Waals surface area (Å²) in [5.41, 5.74) is 7.87. The van der Waals surface area contributed by atoms with E-state index >= 15 is 0 Å². The van der Waals surface area contributed by atoms with Crippen LogP contribution in [0.4, 0.5) is 0 Å². The minimum atomic E-state index is -4.94. The minimum Gasteiger partial charge on any atom is -0.481 e. The Kier molecular flexibility index (Phi) is 26.6. The number of aliphatic carboxylic acids is 1. The number of carbonyl (C=O) groups is 1. The third-order valence-electron chi connectivity index (χ3n) is 6.26. The average Bonchev–Trinajstić information content (AvgIpc) is 2.95. The second-order valence-electron chi connectivity index (χ2n) is 11.3. The van der Waals surface area contributed by atoms with Crippen LogP contribution < -0.4 is 37.3 Å². The smallest absolute Gasteiger partial charge is 0.300 e. The van der Waals surface area contributed by atoms with Crippen molar-refractivity contribution in [3.8, 4) is 0 Å². The largest absolute Gasteiger partial charge is 0.481 e. The van der Waals surface area contributed by atoms with Gasteiger partial charge in [0.1, 0.15) is 0 Å². The first-order valence-electron chi connectivity index (χ1n) is 15.3. The van der Waals surface area contributed by atoms with Crippen LogP contribution in [0.25, 0.3) is 0 Å². The van der Waals surface area contributed by atoms with Crippen molar-refractivity contribution in [3.63, 3.8) is 0 Å². The van der Waals surface area contributed by atoms with Gasteiger partial charge in [0, 0.05) is 102 Å². The van der Waals surface area contributed by atoms with Crippen molar-refractivity contribution in [3.05, 3.63) is 118 Å². The quantitative estimate of drug-likeness (QED) is 0.126. The van der Waals surface area contributed by atoms with Crippen LogP contribution in [0.15, 0.2) is 72.8 Å². The zero-order chi connectivity index (χ0) is 39.5. The molecule has 0 saturated heterocycles. The Morgan fingerprint density at radius 3 is 0.907 bits per heavy atom. The van der Waals surface area contributed by atoms with Crippen molar-refractivity contribution in [2.75, 3.05) is 13.1 Å². The fraction of sp³-hybridized carbons (Fsp3) is 0.364. The summed E-state index contributed by atoms with van der Waals surface area (Å²) < 4.78 is 67.9. The van der Waals surface area contributed by atoms with Crippen LogP contribution in [0, 0.1) is 48.2 Å². The van der Waals surface area contributed by atoms with Gasteiger partial charge in [-0.25, -0.2) is 37.3 Å². The van der Waals surface area contributed by atoms with Crippen molar-refractivity contribution in [1.82, 2.24) is 29.7 Å². The number of nitrogens with zero attached hydrogens (tertiary/aromatic N) is 6. The number of rotatable bonds is 12. The van der Waals surface area contributed by atoms with E-state index in [2.05, 4.69) is 9.80 Å². The Morgan fingerprint density at radius 2 is 0.741 bits per heavy atom. The Balaban J connectivity index is 0. The van der Waals surface area contributed by atoms with Crippen LogP contribution in [0.1, 0.15) is 52.5 Å². The van der Waals surface area contributed by atoms with E-state index in [1.165, 1.54) is 0 Å². The molecule has 0 bridgehead atoms. The zero-order valence-corrected chi connectivity index (χ0v) is 33.4. The molecule has 0 fully saturated rings. The summed E-state index contributed by atoms with van der Waals surface area (Å²) >= 11 is 0. The van der Waals surface area contributed by atoms with Gasteiger partial charge in [0.15, 0.2) is 0 Å². The number of aliphatic hydroxyl groups is 1. The number of aliphatic hydroxyl groups excluding tert-OH is 1. The van der Waals surface area contributed by atoms with Gasteiger partial charge in [-0.3, -0.25) is 34.5 Å². The molecule has 0 unspecified atom stereocenters. The number of pyridine rings is 4. The van der Waals surface area contributed by atoms with E-state index in [0.29, 0.717) is 39.3 Å². The molecule has 4 aromatic heterocycles. The normalized spacial score (nSPS) is 10.8.